The molecule has 1 aromatic carbocycles. The van der Waals surface area contributed by atoms with Crippen LogP contribution in [0.3, 0.4) is 0 Å². The number of amides is 1. The van der Waals surface area contributed by atoms with Crippen molar-refractivity contribution >= 4 is 11.9 Å². The van der Waals surface area contributed by atoms with Crippen molar-refractivity contribution in [3.05, 3.63) is 53.7 Å². The molecule has 4 rings (SSSR count). The molecular weight excluding hydrogens is 350 g/mol. The van der Waals surface area contributed by atoms with Crippen molar-refractivity contribution in [1.82, 2.24) is 25.1 Å². The SMILES string of the molecule is COc1cccc(-c2[nH]ncc2C(=O)N2Cc3[nH]cnc3C[C@@H]2C(=O)O)c1. The van der Waals surface area contributed by atoms with E-state index in [4.69, 9.17) is 4.74 Å². The third kappa shape index (κ3) is 2.92. The maximum atomic E-state index is 13.2. The average molecular weight is 367 g/mol. The number of aromatic nitrogens is 4. The Hall–Kier alpha value is -3.62. The van der Waals surface area contributed by atoms with E-state index in [0.717, 1.165) is 11.3 Å². The lowest BCUT2D eigenvalue weighted by molar-refractivity contribution is -0.142. The van der Waals surface area contributed by atoms with Gasteiger partial charge < -0.3 is 19.7 Å². The number of benzene rings is 1. The molecule has 0 radical (unpaired) electrons. The Labute approximate surface area is 154 Å². The minimum Gasteiger partial charge on any atom is -0.497 e. The van der Waals surface area contributed by atoms with Crippen LogP contribution in [0.2, 0.25) is 0 Å². The first kappa shape index (κ1) is 16.8. The summed E-state index contributed by atoms with van der Waals surface area (Å²) in [7, 11) is 1.56. The number of ether oxygens (including phenoxy) is 1. The van der Waals surface area contributed by atoms with E-state index in [1.165, 1.54) is 17.4 Å². The van der Waals surface area contributed by atoms with Crippen LogP contribution < -0.4 is 4.74 Å². The number of hydrogen-bond donors (Lipinski definition) is 3. The number of methoxy groups -OCH3 is 1. The lowest BCUT2D eigenvalue weighted by atomic mass is 10.0. The summed E-state index contributed by atoms with van der Waals surface area (Å²) in [4.78, 5) is 33.4. The smallest absolute Gasteiger partial charge is 0.326 e. The Morgan fingerprint density at radius 3 is 3.00 bits per heavy atom. The molecule has 1 atom stereocenters. The molecule has 0 unspecified atom stereocenters. The van der Waals surface area contributed by atoms with Gasteiger partial charge in [0.25, 0.3) is 5.91 Å². The van der Waals surface area contributed by atoms with Crippen molar-refractivity contribution in [2.24, 2.45) is 0 Å². The van der Waals surface area contributed by atoms with Gasteiger partial charge in [-0.2, -0.15) is 5.10 Å². The van der Waals surface area contributed by atoms with Crippen molar-refractivity contribution in [2.75, 3.05) is 7.11 Å². The molecule has 9 nitrogen and oxygen atoms in total. The lowest BCUT2D eigenvalue weighted by Crippen LogP contribution is -2.48. The highest BCUT2D eigenvalue weighted by atomic mass is 16.5. The first-order valence-corrected chi connectivity index (χ1v) is 8.31. The van der Waals surface area contributed by atoms with Crippen LogP contribution in [0.25, 0.3) is 11.3 Å². The Bertz CT molecular complexity index is 1010. The molecule has 138 valence electrons. The summed E-state index contributed by atoms with van der Waals surface area (Å²) >= 11 is 0. The van der Waals surface area contributed by atoms with E-state index >= 15 is 0 Å². The minimum atomic E-state index is -1.07. The summed E-state index contributed by atoms with van der Waals surface area (Å²) in [5, 5.41) is 16.4. The van der Waals surface area contributed by atoms with Gasteiger partial charge in [-0.1, -0.05) is 12.1 Å². The van der Waals surface area contributed by atoms with Crippen LogP contribution in [0, 0.1) is 0 Å². The number of carbonyl (C=O) groups excluding carboxylic acids is 1. The van der Waals surface area contributed by atoms with E-state index in [9.17, 15) is 14.7 Å². The van der Waals surface area contributed by atoms with Crippen molar-refractivity contribution in [3.63, 3.8) is 0 Å². The standard InChI is InChI=1S/C18H17N5O4/c1-27-11-4-2-3-10(5-11)16-12(7-21-22-16)17(24)23-8-14-13(19-9-20-14)6-15(23)18(25)26/h2-5,7,9,15H,6,8H2,1H3,(H,19,20)(H,21,22)(H,25,26)/t15-/m1/s1. The van der Waals surface area contributed by atoms with Gasteiger partial charge in [-0.05, 0) is 12.1 Å². The number of carboxylic acid groups (broad SMARTS) is 1. The molecule has 0 saturated carbocycles. The van der Waals surface area contributed by atoms with Gasteiger partial charge in [-0.25, -0.2) is 9.78 Å². The number of nitrogens with zero attached hydrogens (tertiary/aromatic N) is 3. The Kier molecular flexibility index (Phi) is 4.11. The number of fused-ring (bicyclic) bond motifs is 1. The normalized spacial score (nSPS) is 16.0. The fourth-order valence-electron chi connectivity index (χ4n) is 3.27. The molecule has 3 aromatic rings. The Balaban J connectivity index is 1.71. The molecule has 1 aliphatic rings. The molecule has 2 aromatic heterocycles. The third-order valence-electron chi connectivity index (χ3n) is 4.67. The molecular formula is C18H17N5O4. The second-order valence-electron chi connectivity index (χ2n) is 6.21. The quantitative estimate of drug-likeness (QED) is 0.641. The van der Waals surface area contributed by atoms with Crippen molar-refractivity contribution in [3.8, 4) is 17.0 Å². The Morgan fingerprint density at radius 1 is 1.37 bits per heavy atom. The zero-order valence-electron chi connectivity index (χ0n) is 14.5. The second-order valence-corrected chi connectivity index (χ2v) is 6.21. The lowest BCUT2D eigenvalue weighted by Gasteiger charge is -2.32. The topological polar surface area (TPSA) is 124 Å². The first-order chi connectivity index (χ1) is 13.1. The predicted octanol–water partition coefficient (Wildman–Crippen LogP) is 1.46. The van der Waals surface area contributed by atoms with Crippen LogP contribution in [0.4, 0.5) is 0 Å². The van der Waals surface area contributed by atoms with Gasteiger partial charge in [0.05, 0.1) is 48.8 Å². The van der Waals surface area contributed by atoms with Gasteiger partial charge in [0, 0.05) is 12.0 Å². The number of hydrogen-bond acceptors (Lipinski definition) is 5. The summed E-state index contributed by atoms with van der Waals surface area (Å²) in [5.74, 6) is -0.832. The maximum absolute atomic E-state index is 13.2. The van der Waals surface area contributed by atoms with Gasteiger partial charge >= 0.3 is 5.97 Å². The summed E-state index contributed by atoms with van der Waals surface area (Å²) in [6, 6.07) is 6.22. The maximum Gasteiger partial charge on any atom is 0.326 e. The molecule has 0 bridgehead atoms. The third-order valence-corrected chi connectivity index (χ3v) is 4.67. The Morgan fingerprint density at radius 2 is 2.22 bits per heavy atom. The zero-order chi connectivity index (χ0) is 19.0. The summed E-state index contributed by atoms with van der Waals surface area (Å²) in [6.07, 6.45) is 3.09. The highest BCUT2D eigenvalue weighted by molar-refractivity contribution is 6.01. The number of rotatable bonds is 4. The van der Waals surface area contributed by atoms with E-state index < -0.39 is 17.9 Å². The second kappa shape index (κ2) is 6.60. The van der Waals surface area contributed by atoms with Crippen molar-refractivity contribution < 1.29 is 19.4 Å². The van der Waals surface area contributed by atoms with E-state index in [0.29, 0.717) is 22.7 Å². The van der Waals surface area contributed by atoms with Gasteiger partial charge in [-0.3, -0.25) is 9.89 Å². The fourth-order valence-corrected chi connectivity index (χ4v) is 3.27. The van der Waals surface area contributed by atoms with E-state index in [-0.39, 0.29) is 13.0 Å². The van der Waals surface area contributed by atoms with Crippen molar-refractivity contribution in [2.45, 2.75) is 19.0 Å². The molecule has 0 fully saturated rings. The zero-order valence-corrected chi connectivity index (χ0v) is 14.5. The average Bonchev–Trinajstić information content (AvgIpc) is 3.35. The number of carboxylic acids is 1. The van der Waals surface area contributed by atoms with Crippen LogP contribution in [-0.2, 0) is 17.8 Å². The summed E-state index contributed by atoms with van der Waals surface area (Å²) in [6.45, 7) is 0.147. The van der Waals surface area contributed by atoms with Crippen LogP contribution >= 0.6 is 0 Å². The van der Waals surface area contributed by atoms with Gasteiger partial charge in [0.1, 0.15) is 11.8 Å². The molecule has 9 heteroatoms. The summed E-state index contributed by atoms with van der Waals surface area (Å²) in [5.41, 5.74) is 2.95. The molecule has 3 heterocycles. The molecule has 3 N–H and O–H groups in total. The first-order valence-electron chi connectivity index (χ1n) is 8.31. The molecule has 0 aliphatic carbocycles. The minimum absolute atomic E-state index is 0.147. The number of aliphatic carboxylic acids is 1. The fraction of sp³-hybridized carbons (Fsp3) is 0.222. The number of aromatic amines is 2. The number of nitrogens with one attached hydrogen (secondary N) is 2. The summed E-state index contributed by atoms with van der Waals surface area (Å²) < 4.78 is 5.23. The molecule has 0 saturated heterocycles. The molecule has 1 aliphatic heterocycles. The largest absolute Gasteiger partial charge is 0.497 e. The van der Waals surface area contributed by atoms with Crippen LogP contribution in [0.15, 0.2) is 36.8 Å². The van der Waals surface area contributed by atoms with Crippen LogP contribution in [0.1, 0.15) is 21.7 Å². The van der Waals surface area contributed by atoms with Gasteiger partial charge in [-0.15, -0.1) is 0 Å². The van der Waals surface area contributed by atoms with E-state index in [1.807, 2.05) is 6.07 Å². The molecule has 0 spiro atoms. The highest BCUT2D eigenvalue weighted by Crippen LogP contribution is 2.28. The van der Waals surface area contributed by atoms with E-state index in [2.05, 4.69) is 20.2 Å². The molecule has 1 amide bonds. The number of H-pyrrole nitrogens is 2. The van der Waals surface area contributed by atoms with Crippen molar-refractivity contribution in [1.29, 1.82) is 0 Å². The van der Waals surface area contributed by atoms with Crippen LogP contribution in [-0.4, -0.2) is 55.2 Å². The molecule has 27 heavy (non-hydrogen) atoms. The van der Waals surface area contributed by atoms with Gasteiger partial charge in [0.15, 0.2) is 0 Å². The predicted molar refractivity (Wildman–Crippen MR) is 94.2 cm³/mol. The monoisotopic (exact) mass is 367 g/mol. The number of carbonyl (C=O) groups is 2. The van der Waals surface area contributed by atoms with Gasteiger partial charge in [0.2, 0.25) is 0 Å². The highest BCUT2D eigenvalue weighted by Gasteiger charge is 2.37. The number of imidazole rings is 1. The van der Waals surface area contributed by atoms with E-state index in [1.54, 1.807) is 25.3 Å². The van der Waals surface area contributed by atoms with Crippen LogP contribution in [0.5, 0.6) is 5.75 Å².